The molecule has 2 nitrogen and oxygen atoms in total. The van der Waals surface area contributed by atoms with Crippen LogP contribution in [0.3, 0.4) is 0 Å². The van der Waals surface area contributed by atoms with Gasteiger partial charge in [0.15, 0.2) is 0 Å². The molecular formula is C15H14Cl3NO. The molecule has 2 aromatic carbocycles. The van der Waals surface area contributed by atoms with Crippen molar-refractivity contribution in [2.24, 2.45) is 0 Å². The number of aromatic hydroxyl groups is 1. The molecule has 0 aliphatic rings. The Morgan fingerprint density at radius 2 is 1.60 bits per heavy atom. The molecule has 0 aliphatic heterocycles. The molecule has 106 valence electrons. The van der Waals surface area contributed by atoms with Crippen molar-refractivity contribution in [2.75, 3.05) is 6.54 Å². The summed E-state index contributed by atoms with van der Waals surface area (Å²) in [6.45, 7) is 1.30. The molecule has 5 heteroatoms. The summed E-state index contributed by atoms with van der Waals surface area (Å²) < 4.78 is 0. The van der Waals surface area contributed by atoms with Crippen LogP contribution in [0.15, 0.2) is 36.4 Å². The molecular weight excluding hydrogens is 317 g/mol. The molecule has 0 atom stereocenters. The number of rotatable bonds is 5. The molecule has 0 saturated heterocycles. The lowest BCUT2D eigenvalue weighted by Crippen LogP contribution is -2.16. The quantitative estimate of drug-likeness (QED) is 0.780. The van der Waals surface area contributed by atoms with Crippen molar-refractivity contribution in [3.05, 3.63) is 62.6 Å². The highest BCUT2D eigenvalue weighted by Crippen LogP contribution is 2.22. The molecule has 0 fully saturated rings. The van der Waals surface area contributed by atoms with Gasteiger partial charge in [0.1, 0.15) is 5.75 Å². The highest BCUT2D eigenvalue weighted by Gasteiger charge is 2.03. The fourth-order valence-corrected chi connectivity index (χ4v) is 2.56. The van der Waals surface area contributed by atoms with E-state index in [9.17, 15) is 5.11 Å². The Hall–Kier alpha value is -0.930. The predicted octanol–water partition coefficient (Wildman–Crippen LogP) is 4.68. The third kappa shape index (κ3) is 4.29. The summed E-state index contributed by atoms with van der Waals surface area (Å²) in [4.78, 5) is 0. The number of phenolic OH excluding ortho intramolecular Hbond substituents is 1. The van der Waals surface area contributed by atoms with Crippen molar-refractivity contribution in [3.63, 3.8) is 0 Å². The fourth-order valence-electron chi connectivity index (χ4n) is 1.87. The minimum Gasteiger partial charge on any atom is -0.508 e. The van der Waals surface area contributed by atoms with E-state index in [0.717, 1.165) is 24.1 Å². The van der Waals surface area contributed by atoms with Crippen LogP contribution in [0.25, 0.3) is 0 Å². The first-order valence-electron chi connectivity index (χ1n) is 6.18. The maximum Gasteiger partial charge on any atom is 0.120 e. The van der Waals surface area contributed by atoms with Gasteiger partial charge < -0.3 is 10.4 Å². The van der Waals surface area contributed by atoms with Gasteiger partial charge >= 0.3 is 0 Å². The second-order valence-corrected chi connectivity index (χ2v) is 5.72. The monoisotopic (exact) mass is 329 g/mol. The third-order valence-electron chi connectivity index (χ3n) is 2.94. The summed E-state index contributed by atoms with van der Waals surface area (Å²) in [6, 6.07) is 10.5. The molecule has 0 aliphatic carbocycles. The maximum atomic E-state index is 9.69. The van der Waals surface area contributed by atoms with Gasteiger partial charge in [0.2, 0.25) is 0 Å². The highest BCUT2D eigenvalue weighted by molar-refractivity contribution is 6.35. The number of hydrogen-bond donors (Lipinski definition) is 2. The molecule has 0 unspecified atom stereocenters. The smallest absolute Gasteiger partial charge is 0.120 e. The summed E-state index contributed by atoms with van der Waals surface area (Å²) in [6.07, 6.45) is 0.789. The first kappa shape index (κ1) is 15.5. The Morgan fingerprint density at radius 3 is 2.35 bits per heavy atom. The van der Waals surface area contributed by atoms with Crippen LogP contribution in [-0.2, 0) is 13.0 Å². The standard InChI is InChI=1S/C15H14Cl3NO/c16-12-3-4-15(20)11(7-12)9-19-6-5-10-1-2-13(17)8-14(10)18/h1-4,7-8,19-20H,5-6,9H2. The molecule has 2 aromatic rings. The molecule has 2 N–H and O–H groups in total. The molecule has 20 heavy (non-hydrogen) atoms. The van der Waals surface area contributed by atoms with E-state index < -0.39 is 0 Å². The predicted molar refractivity (Wildman–Crippen MR) is 85.0 cm³/mol. The molecule has 2 rings (SSSR count). The number of halogens is 3. The first-order chi connectivity index (χ1) is 9.56. The molecule has 0 radical (unpaired) electrons. The fraction of sp³-hybridized carbons (Fsp3) is 0.200. The Labute approximate surface area is 133 Å². The van der Waals surface area contributed by atoms with Crippen molar-refractivity contribution in [1.29, 1.82) is 0 Å². The van der Waals surface area contributed by atoms with Crippen molar-refractivity contribution >= 4 is 34.8 Å². The molecule has 0 spiro atoms. The van der Waals surface area contributed by atoms with E-state index in [-0.39, 0.29) is 5.75 Å². The minimum atomic E-state index is 0.242. The molecule has 0 bridgehead atoms. The average Bonchev–Trinajstić information content (AvgIpc) is 2.40. The van der Waals surface area contributed by atoms with Crippen molar-refractivity contribution in [3.8, 4) is 5.75 Å². The summed E-state index contributed by atoms with van der Waals surface area (Å²) in [5.41, 5.74) is 1.82. The van der Waals surface area contributed by atoms with E-state index in [4.69, 9.17) is 34.8 Å². The van der Waals surface area contributed by atoms with E-state index >= 15 is 0 Å². The van der Waals surface area contributed by atoms with E-state index in [1.165, 1.54) is 0 Å². The van der Waals surface area contributed by atoms with E-state index in [1.54, 1.807) is 24.3 Å². The zero-order chi connectivity index (χ0) is 14.5. The first-order valence-corrected chi connectivity index (χ1v) is 7.31. The lowest BCUT2D eigenvalue weighted by molar-refractivity contribution is 0.464. The Bertz CT molecular complexity index is 602. The van der Waals surface area contributed by atoms with Crippen molar-refractivity contribution < 1.29 is 5.11 Å². The number of nitrogens with one attached hydrogen (secondary N) is 1. The Kier molecular flexibility index (Phi) is 5.55. The lowest BCUT2D eigenvalue weighted by Gasteiger charge is -2.08. The molecule has 0 heterocycles. The van der Waals surface area contributed by atoms with E-state index in [2.05, 4.69) is 5.32 Å². The summed E-state index contributed by atoms with van der Waals surface area (Å²) in [5, 5.41) is 14.9. The van der Waals surface area contributed by atoms with Crippen LogP contribution in [0.4, 0.5) is 0 Å². The normalized spacial score (nSPS) is 10.8. The Morgan fingerprint density at radius 1 is 0.900 bits per heavy atom. The second-order valence-electron chi connectivity index (χ2n) is 4.44. The Balaban J connectivity index is 1.86. The largest absolute Gasteiger partial charge is 0.508 e. The van der Waals surface area contributed by atoms with Crippen molar-refractivity contribution in [1.82, 2.24) is 5.32 Å². The van der Waals surface area contributed by atoms with Crippen LogP contribution in [0, 0.1) is 0 Å². The summed E-state index contributed by atoms with van der Waals surface area (Å²) in [7, 11) is 0. The van der Waals surface area contributed by atoms with Crippen LogP contribution >= 0.6 is 34.8 Å². The average molecular weight is 331 g/mol. The summed E-state index contributed by atoms with van der Waals surface area (Å²) in [5.74, 6) is 0.242. The van der Waals surface area contributed by atoms with E-state index in [1.807, 2.05) is 12.1 Å². The number of hydrogen-bond acceptors (Lipinski definition) is 2. The van der Waals surface area contributed by atoms with Gasteiger partial charge in [0.05, 0.1) is 0 Å². The molecule has 0 saturated carbocycles. The van der Waals surface area contributed by atoms with Crippen LogP contribution in [0.1, 0.15) is 11.1 Å². The highest BCUT2D eigenvalue weighted by atomic mass is 35.5. The van der Waals surface area contributed by atoms with Gasteiger partial charge in [0, 0.05) is 27.2 Å². The van der Waals surface area contributed by atoms with Crippen LogP contribution < -0.4 is 5.32 Å². The van der Waals surface area contributed by atoms with Crippen molar-refractivity contribution in [2.45, 2.75) is 13.0 Å². The van der Waals surface area contributed by atoms with Crippen LogP contribution in [0.5, 0.6) is 5.75 Å². The van der Waals surface area contributed by atoms with Gasteiger partial charge in [-0.1, -0.05) is 40.9 Å². The minimum absolute atomic E-state index is 0.242. The van der Waals surface area contributed by atoms with Gasteiger partial charge in [0.25, 0.3) is 0 Å². The molecule has 0 amide bonds. The third-order valence-corrected chi connectivity index (χ3v) is 3.77. The van der Waals surface area contributed by atoms with Gasteiger partial charge in [-0.25, -0.2) is 0 Å². The van der Waals surface area contributed by atoms with Crippen LogP contribution in [-0.4, -0.2) is 11.7 Å². The zero-order valence-electron chi connectivity index (χ0n) is 10.7. The van der Waals surface area contributed by atoms with Gasteiger partial charge in [-0.3, -0.25) is 0 Å². The van der Waals surface area contributed by atoms with E-state index in [0.29, 0.717) is 21.6 Å². The maximum absolute atomic E-state index is 9.69. The molecule has 0 aromatic heterocycles. The van der Waals surface area contributed by atoms with Gasteiger partial charge in [-0.15, -0.1) is 0 Å². The summed E-state index contributed by atoms with van der Waals surface area (Å²) >= 11 is 17.8. The van der Waals surface area contributed by atoms with Gasteiger partial charge in [-0.05, 0) is 48.9 Å². The van der Waals surface area contributed by atoms with Crippen LogP contribution in [0.2, 0.25) is 15.1 Å². The SMILES string of the molecule is Oc1ccc(Cl)cc1CNCCc1ccc(Cl)cc1Cl. The lowest BCUT2D eigenvalue weighted by atomic mass is 10.1. The zero-order valence-corrected chi connectivity index (χ0v) is 12.9. The van der Waals surface area contributed by atoms with Gasteiger partial charge in [-0.2, -0.15) is 0 Å². The number of benzene rings is 2. The number of phenols is 1. The second kappa shape index (κ2) is 7.19. The topological polar surface area (TPSA) is 32.3 Å².